The van der Waals surface area contributed by atoms with E-state index in [1.807, 2.05) is 0 Å². The first kappa shape index (κ1) is 30.8. The standard InChI is InChI=1S/C22H40O4.C3H9N/c1-3-4-5-6-7-8-9-10-11-12-13-14-15-16-17-18-22(25)26-20(2)19-21(23)24;1-4(2)3/h10-11,20H,3-9,12-19H2,1-2H3,(H,23,24);1-3H3/b11-10-;. The van der Waals surface area contributed by atoms with Crippen LogP contribution < -0.4 is 10.0 Å². The molecule has 1 atom stereocenters. The van der Waals surface area contributed by atoms with Crippen LogP contribution in [0.4, 0.5) is 0 Å². The molecule has 0 heterocycles. The first-order valence-electron chi connectivity index (χ1n) is 12.1. The van der Waals surface area contributed by atoms with E-state index >= 15 is 0 Å². The summed E-state index contributed by atoms with van der Waals surface area (Å²) in [5.74, 6) is -1.50. The molecular formula is C25H49NO4. The molecule has 1 N–H and O–H groups in total. The zero-order valence-corrected chi connectivity index (χ0v) is 20.5. The molecule has 0 aliphatic heterocycles. The monoisotopic (exact) mass is 427 g/mol. The lowest BCUT2D eigenvalue weighted by molar-refractivity contribution is -0.836. The Balaban J connectivity index is 0. The zero-order chi connectivity index (χ0) is 23.0. The second-order valence-corrected chi connectivity index (χ2v) is 8.71. The number of unbranched alkanes of at least 4 members (excludes halogenated alkanes) is 11. The molecule has 178 valence electrons. The largest absolute Gasteiger partial charge is 0.550 e. The number of allylic oxidation sites excluding steroid dienone is 2. The van der Waals surface area contributed by atoms with Gasteiger partial charge < -0.3 is 19.5 Å². The van der Waals surface area contributed by atoms with E-state index in [0.717, 1.165) is 25.7 Å². The summed E-state index contributed by atoms with van der Waals surface area (Å²) in [5, 5.41) is 10.4. The molecule has 0 aliphatic carbocycles. The average molecular weight is 428 g/mol. The number of ether oxygens (including phenoxy) is 1. The molecule has 0 spiro atoms. The van der Waals surface area contributed by atoms with E-state index in [2.05, 4.69) is 40.2 Å². The molecule has 30 heavy (non-hydrogen) atoms. The highest BCUT2D eigenvalue weighted by Crippen LogP contribution is 2.10. The first-order valence-corrected chi connectivity index (χ1v) is 12.1. The number of esters is 1. The maximum Gasteiger partial charge on any atom is 0.306 e. The van der Waals surface area contributed by atoms with Crippen molar-refractivity contribution in [3.8, 4) is 0 Å². The summed E-state index contributed by atoms with van der Waals surface area (Å²) >= 11 is 0. The third-order valence-corrected chi connectivity index (χ3v) is 4.43. The minimum atomic E-state index is -1.19. The van der Waals surface area contributed by atoms with Crippen LogP contribution >= 0.6 is 0 Å². The Morgan fingerprint density at radius 3 is 1.73 bits per heavy atom. The van der Waals surface area contributed by atoms with Crippen molar-refractivity contribution in [1.82, 2.24) is 0 Å². The highest BCUT2D eigenvalue weighted by molar-refractivity contribution is 5.70. The van der Waals surface area contributed by atoms with Gasteiger partial charge in [-0.25, -0.2) is 0 Å². The first-order chi connectivity index (χ1) is 14.3. The van der Waals surface area contributed by atoms with Gasteiger partial charge in [-0.15, -0.1) is 0 Å². The van der Waals surface area contributed by atoms with Gasteiger partial charge in [0.15, 0.2) is 0 Å². The van der Waals surface area contributed by atoms with Crippen LogP contribution in [0.2, 0.25) is 0 Å². The van der Waals surface area contributed by atoms with Crippen molar-refractivity contribution >= 4 is 11.9 Å². The number of carboxylic acids is 1. The highest BCUT2D eigenvalue weighted by atomic mass is 16.5. The summed E-state index contributed by atoms with van der Waals surface area (Å²) in [4.78, 5) is 23.3. The molecule has 0 fully saturated rings. The van der Waals surface area contributed by atoms with Crippen LogP contribution in [0.25, 0.3) is 0 Å². The fourth-order valence-electron chi connectivity index (χ4n) is 2.90. The molecule has 5 heteroatoms. The molecule has 0 saturated carbocycles. The van der Waals surface area contributed by atoms with E-state index in [4.69, 9.17) is 4.74 Å². The Morgan fingerprint density at radius 1 is 0.833 bits per heavy atom. The SMILES string of the molecule is CCCCCCCC/C=C\CCCCCCCC(=O)OC(C)CC(=O)[O-].C[NH+](C)C. The van der Waals surface area contributed by atoms with E-state index in [1.54, 1.807) is 6.92 Å². The van der Waals surface area contributed by atoms with Gasteiger partial charge in [-0.1, -0.05) is 70.4 Å². The summed E-state index contributed by atoms with van der Waals surface area (Å²) in [6, 6.07) is 0. The fraction of sp³-hybridized carbons (Fsp3) is 0.840. The summed E-state index contributed by atoms with van der Waals surface area (Å²) in [7, 11) is 6.25. The molecule has 0 amide bonds. The maximum atomic E-state index is 11.5. The topological polar surface area (TPSA) is 70.9 Å². The van der Waals surface area contributed by atoms with E-state index in [1.165, 1.54) is 62.7 Å². The Hall–Kier alpha value is -1.36. The summed E-state index contributed by atoms with van der Waals surface area (Å²) < 4.78 is 5.01. The average Bonchev–Trinajstić information content (AvgIpc) is 2.63. The molecule has 5 nitrogen and oxygen atoms in total. The lowest BCUT2D eigenvalue weighted by Gasteiger charge is -2.13. The molecule has 0 aliphatic rings. The van der Waals surface area contributed by atoms with Crippen LogP contribution in [0.5, 0.6) is 0 Å². The van der Waals surface area contributed by atoms with Crippen LogP contribution in [0.1, 0.15) is 110 Å². The summed E-state index contributed by atoms with van der Waals surface area (Å²) in [5.41, 5.74) is 0. The molecule has 1 unspecified atom stereocenters. The van der Waals surface area contributed by atoms with Gasteiger partial charge in [0.1, 0.15) is 6.10 Å². The molecule has 0 aromatic heterocycles. The molecule has 0 bridgehead atoms. The number of carboxylic acid groups (broad SMARTS) is 1. The zero-order valence-electron chi connectivity index (χ0n) is 20.5. The van der Waals surface area contributed by atoms with E-state index in [0.29, 0.717) is 6.42 Å². The highest BCUT2D eigenvalue weighted by Gasteiger charge is 2.09. The van der Waals surface area contributed by atoms with Gasteiger partial charge in [-0.2, -0.15) is 0 Å². The van der Waals surface area contributed by atoms with Crippen LogP contribution in [0, 0.1) is 0 Å². The Labute approximate surface area is 186 Å². The van der Waals surface area contributed by atoms with Crippen LogP contribution in [0.3, 0.4) is 0 Å². The number of rotatable bonds is 18. The van der Waals surface area contributed by atoms with Crippen molar-refractivity contribution in [2.45, 2.75) is 116 Å². The van der Waals surface area contributed by atoms with Crippen molar-refractivity contribution < 1.29 is 24.3 Å². The molecule has 0 aromatic carbocycles. The number of carbonyl (C=O) groups is 2. The predicted molar refractivity (Wildman–Crippen MR) is 123 cm³/mol. The van der Waals surface area contributed by atoms with Gasteiger partial charge >= 0.3 is 5.97 Å². The number of hydrogen-bond donors (Lipinski definition) is 1. The minimum Gasteiger partial charge on any atom is -0.550 e. The molecule has 0 saturated heterocycles. The molecular weight excluding hydrogens is 378 g/mol. The van der Waals surface area contributed by atoms with Crippen molar-refractivity contribution in [3.05, 3.63) is 12.2 Å². The normalized spacial score (nSPS) is 11.9. The lowest BCUT2D eigenvalue weighted by atomic mass is 10.1. The molecule has 0 radical (unpaired) electrons. The van der Waals surface area contributed by atoms with Crippen molar-refractivity contribution in [2.75, 3.05) is 21.1 Å². The molecule has 0 aromatic rings. The van der Waals surface area contributed by atoms with E-state index in [-0.39, 0.29) is 12.4 Å². The van der Waals surface area contributed by atoms with Gasteiger partial charge in [0.25, 0.3) is 0 Å². The Morgan fingerprint density at radius 2 is 1.27 bits per heavy atom. The van der Waals surface area contributed by atoms with Gasteiger partial charge in [-0.3, -0.25) is 4.79 Å². The third-order valence-electron chi connectivity index (χ3n) is 4.43. The van der Waals surface area contributed by atoms with Crippen LogP contribution in [0.15, 0.2) is 12.2 Å². The summed E-state index contributed by atoms with van der Waals surface area (Å²) in [6.45, 7) is 3.83. The van der Waals surface area contributed by atoms with Gasteiger partial charge in [0.05, 0.1) is 21.1 Å². The smallest absolute Gasteiger partial charge is 0.306 e. The Bertz CT molecular complexity index is 419. The second kappa shape index (κ2) is 23.9. The summed E-state index contributed by atoms with van der Waals surface area (Å²) in [6.07, 6.45) is 20.0. The van der Waals surface area contributed by atoms with Crippen LogP contribution in [-0.2, 0) is 14.3 Å². The predicted octanol–water partition coefficient (Wildman–Crippen LogP) is 3.86. The third kappa shape index (κ3) is 31.3. The lowest BCUT2D eigenvalue weighted by Crippen LogP contribution is -3.02. The van der Waals surface area contributed by atoms with E-state index < -0.39 is 12.1 Å². The van der Waals surface area contributed by atoms with E-state index in [9.17, 15) is 14.7 Å². The maximum absolute atomic E-state index is 11.5. The number of hydrogen-bond acceptors (Lipinski definition) is 4. The minimum absolute atomic E-state index is 0.238. The second-order valence-electron chi connectivity index (χ2n) is 8.71. The quantitative estimate of drug-likeness (QED) is 0.205. The van der Waals surface area contributed by atoms with Crippen LogP contribution in [-0.4, -0.2) is 39.2 Å². The van der Waals surface area contributed by atoms with Gasteiger partial charge in [-0.05, 0) is 39.0 Å². The number of aliphatic carboxylic acids is 1. The van der Waals surface area contributed by atoms with Gasteiger partial charge in [0.2, 0.25) is 0 Å². The number of carbonyl (C=O) groups excluding carboxylic acids is 2. The fourth-order valence-corrected chi connectivity index (χ4v) is 2.90. The van der Waals surface area contributed by atoms with Crippen molar-refractivity contribution in [1.29, 1.82) is 0 Å². The van der Waals surface area contributed by atoms with Crippen molar-refractivity contribution in [2.24, 2.45) is 0 Å². The molecule has 0 rings (SSSR count). The van der Waals surface area contributed by atoms with Crippen molar-refractivity contribution in [3.63, 3.8) is 0 Å². The Kier molecular flexibility index (Phi) is 24.6. The van der Waals surface area contributed by atoms with Gasteiger partial charge in [0, 0.05) is 18.8 Å². The number of nitrogens with one attached hydrogen (secondary N) is 1. The number of quaternary nitrogens is 1.